The summed E-state index contributed by atoms with van der Waals surface area (Å²) in [5.74, 6) is 0.526. The van der Waals surface area contributed by atoms with Crippen LogP contribution in [-0.2, 0) is 0 Å². The Hall–Kier alpha value is -1.36. The van der Waals surface area contributed by atoms with Crippen molar-refractivity contribution in [2.45, 2.75) is 19.3 Å². The molecule has 1 fully saturated rings. The Bertz CT molecular complexity index is 389. The van der Waals surface area contributed by atoms with Crippen LogP contribution in [-0.4, -0.2) is 35.0 Å². The normalized spacial score (nSPS) is 21.1. The predicted octanol–water partition coefficient (Wildman–Crippen LogP) is 0.369. The first kappa shape index (κ1) is 11.1. The number of anilines is 1. The fraction of sp³-hybridized carbons (Fsp3) is 0.636. The molecule has 88 valence electrons. The molecule has 1 saturated heterocycles. The van der Waals surface area contributed by atoms with E-state index in [2.05, 4.69) is 15.1 Å². The molecule has 0 radical (unpaired) electrons. The summed E-state index contributed by atoms with van der Waals surface area (Å²) >= 11 is 0. The van der Waals surface area contributed by atoms with E-state index >= 15 is 0 Å². The monoisotopic (exact) mass is 223 g/mol. The van der Waals surface area contributed by atoms with Crippen LogP contribution in [0, 0.1) is 5.92 Å². The smallest absolute Gasteiger partial charge is 0.266 e. The molecule has 0 saturated carbocycles. The number of hydrogen-bond donors (Lipinski definition) is 2. The lowest BCUT2D eigenvalue weighted by Crippen LogP contribution is -2.36. The van der Waals surface area contributed by atoms with Gasteiger partial charge in [0.25, 0.3) is 5.56 Å². The van der Waals surface area contributed by atoms with Crippen molar-refractivity contribution in [2.75, 3.05) is 24.6 Å². The van der Waals surface area contributed by atoms with E-state index in [0.717, 1.165) is 38.0 Å². The number of hydrogen-bond acceptors (Lipinski definition) is 4. The number of H-pyrrole nitrogens is 1. The van der Waals surface area contributed by atoms with Gasteiger partial charge in [-0.3, -0.25) is 4.79 Å². The molecule has 0 spiro atoms. The van der Waals surface area contributed by atoms with Crippen LogP contribution in [0.25, 0.3) is 0 Å². The Morgan fingerprint density at radius 1 is 1.62 bits per heavy atom. The Morgan fingerprint density at radius 2 is 2.50 bits per heavy atom. The molecule has 5 nitrogen and oxygen atoms in total. The number of piperidine rings is 1. The highest BCUT2D eigenvalue weighted by Gasteiger charge is 2.19. The van der Waals surface area contributed by atoms with Gasteiger partial charge < -0.3 is 10.0 Å². The lowest BCUT2D eigenvalue weighted by Gasteiger charge is -2.33. The second-order valence-electron chi connectivity index (χ2n) is 4.27. The molecule has 2 N–H and O–H groups in total. The van der Waals surface area contributed by atoms with Crippen LogP contribution in [0.3, 0.4) is 0 Å². The topological polar surface area (TPSA) is 69.2 Å². The van der Waals surface area contributed by atoms with Crippen molar-refractivity contribution in [2.24, 2.45) is 5.92 Å². The summed E-state index contributed by atoms with van der Waals surface area (Å²) in [4.78, 5) is 13.3. The summed E-state index contributed by atoms with van der Waals surface area (Å²) in [6.07, 6.45) is 4.79. The molecule has 1 aromatic rings. The minimum Gasteiger partial charge on any atom is -0.396 e. The Balaban J connectivity index is 2.06. The first-order valence-electron chi connectivity index (χ1n) is 5.70. The Labute approximate surface area is 94.1 Å². The quantitative estimate of drug-likeness (QED) is 0.776. The van der Waals surface area contributed by atoms with Gasteiger partial charge in [-0.25, -0.2) is 5.10 Å². The summed E-state index contributed by atoms with van der Waals surface area (Å²) < 4.78 is 0. The van der Waals surface area contributed by atoms with E-state index in [9.17, 15) is 4.79 Å². The molecular weight excluding hydrogens is 206 g/mol. The van der Waals surface area contributed by atoms with Gasteiger partial charge in [0, 0.05) is 25.8 Å². The third kappa shape index (κ3) is 2.61. The molecule has 1 atom stereocenters. The van der Waals surface area contributed by atoms with E-state index in [1.807, 2.05) is 0 Å². The van der Waals surface area contributed by atoms with Crippen LogP contribution in [0.15, 0.2) is 17.1 Å². The van der Waals surface area contributed by atoms with Crippen LogP contribution in [0.4, 0.5) is 5.69 Å². The summed E-state index contributed by atoms with van der Waals surface area (Å²) in [7, 11) is 0. The summed E-state index contributed by atoms with van der Waals surface area (Å²) in [6.45, 7) is 2.12. The van der Waals surface area contributed by atoms with Gasteiger partial charge in [-0.2, -0.15) is 5.10 Å². The highest BCUT2D eigenvalue weighted by molar-refractivity contribution is 5.43. The highest BCUT2D eigenvalue weighted by atomic mass is 16.3. The minimum absolute atomic E-state index is 0.165. The van der Waals surface area contributed by atoms with Gasteiger partial charge in [-0.05, 0) is 25.2 Å². The molecule has 1 aliphatic rings. The third-order valence-corrected chi connectivity index (χ3v) is 3.07. The predicted molar refractivity (Wildman–Crippen MR) is 61.5 cm³/mol. The highest BCUT2D eigenvalue weighted by Crippen LogP contribution is 2.23. The summed E-state index contributed by atoms with van der Waals surface area (Å²) in [6, 6.07) is 1.58. The van der Waals surface area contributed by atoms with E-state index in [0.29, 0.717) is 5.92 Å². The molecule has 0 amide bonds. The van der Waals surface area contributed by atoms with E-state index in [1.54, 1.807) is 12.3 Å². The number of rotatable bonds is 3. The average Bonchev–Trinajstić information content (AvgIpc) is 2.30. The lowest BCUT2D eigenvalue weighted by atomic mass is 9.95. The van der Waals surface area contributed by atoms with Crippen LogP contribution < -0.4 is 10.5 Å². The maximum Gasteiger partial charge on any atom is 0.266 e. The summed E-state index contributed by atoms with van der Waals surface area (Å²) in [5, 5.41) is 15.1. The fourth-order valence-electron chi connectivity index (χ4n) is 2.26. The van der Waals surface area contributed by atoms with Crippen LogP contribution >= 0.6 is 0 Å². The van der Waals surface area contributed by atoms with Crippen molar-refractivity contribution in [3.63, 3.8) is 0 Å². The molecule has 2 heterocycles. The van der Waals surface area contributed by atoms with Gasteiger partial charge in [0.1, 0.15) is 0 Å². The third-order valence-electron chi connectivity index (χ3n) is 3.07. The van der Waals surface area contributed by atoms with Crippen molar-refractivity contribution >= 4 is 5.69 Å². The van der Waals surface area contributed by atoms with E-state index in [-0.39, 0.29) is 12.2 Å². The molecule has 0 bridgehead atoms. The van der Waals surface area contributed by atoms with Gasteiger partial charge in [0.05, 0.1) is 11.9 Å². The van der Waals surface area contributed by atoms with Crippen LogP contribution in [0.5, 0.6) is 0 Å². The molecule has 5 heteroatoms. The fourth-order valence-corrected chi connectivity index (χ4v) is 2.26. The van der Waals surface area contributed by atoms with Crippen molar-refractivity contribution < 1.29 is 5.11 Å². The Morgan fingerprint density at radius 3 is 3.25 bits per heavy atom. The number of aromatic amines is 1. The SMILES string of the molecule is O=c1cc(N2CCCC(CCO)C2)cn[nH]1. The molecular formula is C11H17N3O2. The van der Waals surface area contributed by atoms with E-state index in [1.165, 1.54) is 0 Å². The zero-order valence-corrected chi connectivity index (χ0v) is 9.22. The molecule has 0 aliphatic carbocycles. The molecule has 0 aromatic carbocycles. The maximum atomic E-state index is 11.2. The van der Waals surface area contributed by atoms with Gasteiger partial charge in [0.2, 0.25) is 0 Å². The second kappa shape index (κ2) is 5.12. The maximum absolute atomic E-state index is 11.2. The van der Waals surface area contributed by atoms with Gasteiger partial charge in [-0.1, -0.05) is 0 Å². The first-order chi connectivity index (χ1) is 7.79. The van der Waals surface area contributed by atoms with Crippen molar-refractivity contribution in [1.82, 2.24) is 10.2 Å². The molecule has 1 aliphatic heterocycles. The molecule has 2 rings (SSSR count). The zero-order chi connectivity index (χ0) is 11.4. The first-order valence-corrected chi connectivity index (χ1v) is 5.70. The minimum atomic E-state index is -0.165. The number of aliphatic hydroxyl groups is 1. The zero-order valence-electron chi connectivity index (χ0n) is 9.22. The van der Waals surface area contributed by atoms with Crippen molar-refractivity contribution in [3.05, 3.63) is 22.6 Å². The number of aromatic nitrogens is 2. The van der Waals surface area contributed by atoms with Gasteiger partial charge in [0.15, 0.2) is 0 Å². The van der Waals surface area contributed by atoms with E-state index < -0.39 is 0 Å². The Kier molecular flexibility index (Phi) is 3.56. The van der Waals surface area contributed by atoms with E-state index in [4.69, 9.17) is 5.11 Å². The second-order valence-corrected chi connectivity index (χ2v) is 4.27. The van der Waals surface area contributed by atoms with Gasteiger partial charge >= 0.3 is 0 Å². The standard InChI is InChI=1S/C11H17N3O2/c15-5-3-9-2-1-4-14(8-9)10-6-11(16)13-12-7-10/h6-7,9,15H,1-5,8H2,(H,13,16). The number of nitrogens with zero attached hydrogens (tertiary/aromatic N) is 2. The largest absolute Gasteiger partial charge is 0.396 e. The molecule has 1 unspecified atom stereocenters. The number of nitrogens with one attached hydrogen (secondary N) is 1. The molecule has 1 aromatic heterocycles. The van der Waals surface area contributed by atoms with Crippen LogP contribution in [0.1, 0.15) is 19.3 Å². The number of aliphatic hydroxyl groups excluding tert-OH is 1. The van der Waals surface area contributed by atoms with Crippen LogP contribution in [0.2, 0.25) is 0 Å². The summed E-state index contributed by atoms with van der Waals surface area (Å²) in [5.41, 5.74) is 0.716. The molecule has 16 heavy (non-hydrogen) atoms. The van der Waals surface area contributed by atoms with Crippen molar-refractivity contribution in [1.29, 1.82) is 0 Å². The van der Waals surface area contributed by atoms with Crippen molar-refractivity contribution in [3.8, 4) is 0 Å². The average molecular weight is 223 g/mol. The van der Waals surface area contributed by atoms with Gasteiger partial charge in [-0.15, -0.1) is 0 Å². The lowest BCUT2D eigenvalue weighted by molar-refractivity contribution is 0.244.